The molecule has 0 atom stereocenters. The summed E-state index contributed by atoms with van der Waals surface area (Å²) in [7, 11) is 0. The molecule has 114 valence electrons. The van der Waals surface area contributed by atoms with Crippen LogP contribution < -0.4 is 5.73 Å². The molecule has 0 aromatic heterocycles. The van der Waals surface area contributed by atoms with E-state index >= 15 is 0 Å². The van der Waals surface area contributed by atoms with Gasteiger partial charge in [0.15, 0.2) is 0 Å². The number of rotatable bonds is 15. The van der Waals surface area contributed by atoms with Gasteiger partial charge in [0, 0.05) is 0 Å². The minimum atomic E-state index is 1.16. The Bertz CT molecular complexity index is 175. The topological polar surface area (TPSA) is 26.0 Å². The number of allylic oxidation sites excluding steroid dienone is 1. The van der Waals surface area contributed by atoms with Crippen molar-refractivity contribution in [2.24, 2.45) is 5.73 Å². The maximum Gasteiger partial charge on any atom is -0.0103 e. The van der Waals surface area contributed by atoms with Crippen LogP contribution in [-0.4, -0.2) is 0 Å². The Morgan fingerprint density at radius 3 is 1.32 bits per heavy atom. The highest BCUT2D eigenvalue weighted by atomic mass is 14.5. The Labute approximate surface area is 122 Å². The molecule has 19 heavy (non-hydrogen) atoms. The van der Waals surface area contributed by atoms with Gasteiger partial charge in [0.25, 0.3) is 0 Å². The summed E-state index contributed by atoms with van der Waals surface area (Å²) in [5.41, 5.74) is 5.30. The summed E-state index contributed by atoms with van der Waals surface area (Å²) in [5, 5.41) is 0. The third kappa shape index (κ3) is 17.5. The van der Waals surface area contributed by atoms with Crippen LogP contribution in [0.4, 0.5) is 0 Å². The van der Waals surface area contributed by atoms with Gasteiger partial charge in [-0.05, 0) is 19.0 Å². The lowest BCUT2D eigenvalue weighted by Gasteiger charge is -2.02. The summed E-state index contributed by atoms with van der Waals surface area (Å²) >= 11 is 0. The van der Waals surface area contributed by atoms with Gasteiger partial charge in [-0.25, -0.2) is 0 Å². The molecular weight excluding hydrogens is 230 g/mol. The molecule has 0 radical (unpaired) electrons. The Hall–Kier alpha value is -0.460. The Morgan fingerprint density at radius 2 is 0.947 bits per heavy atom. The van der Waals surface area contributed by atoms with Gasteiger partial charge in [0.2, 0.25) is 0 Å². The minimum absolute atomic E-state index is 1.16. The standard InChI is InChI=1S/C18H37N/c1-2-3-4-5-6-7-8-9-10-11-12-13-14-15-16-17-18-19/h17-18H,2-16,19H2,1H3/b18-17+. The van der Waals surface area contributed by atoms with Crippen molar-refractivity contribution in [1.82, 2.24) is 0 Å². The van der Waals surface area contributed by atoms with Gasteiger partial charge in [-0.1, -0.05) is 96.5 Å². The molecule has 0 heterocycles. The molecule has 0 unspecified atom stereocenters. The smallest absolute Gasteiger partial charge is 0.0103 e. The largest absolute Gasteiger partial charge is 0.405 e. The SMILES string of the molecule is CCCCCCCCCCCCCCCC/C=C/N. The van der Waals surface area contributed by atoms with E-state index in [0.29, 0.717) is 0 Å². The predicted octanol–water partition coefficient (Wildman–Crippen LogP) is 6.33. The van der Waals surface area contributed by atoms with Crippen molar-refractivity contribution in [1.29, 1.82) is 0 Å². The Balaban J connectivity index is 2.91. The molecule has 0 amide bonds. The van der Waals surface area contributed by atoms with E-state index in [1.165, 1.54) is 89.9 Å². The zero-order chi connectivity index (χ0) is 14.0. The van der Waals surface area contributed by atoms with E-state index in [0.717, 1.165) is 6.42 Å². The van der Waals surface area contributed by atoms with Crippen LogP contribution in [0.5, 0.6) is 0 Å². The number of unbranched alkanes of at least 4 members (excludes halogenated alkanes) is 14. The first-order valence-corrected chi connectivity index (χ1v) is 8.78. The molecule has 0 aliphatic heterocycles. The number of hydrogen-bond acceptors (Lipinski definition) is 1. The summed E-state index contributed by atoms with van der Waals surface area (Å²) in [5.74, 6) is 0. The summed E-state index contributed by atoms with van der Waals surface area (Å²) in [6, 6.07) is 0. The molecule has 0 spiro atoms. The molecule has 0 aliphatic carbocycles. The summed E-state index contributed by atoms with van der Waals surface area (Å²) in [4.78, 5) is 0. The van der Waals surface area contributed by atoms with E-state index in [-0.39, 0.29) is 0 Å². The average molecular weight is 268 g/mol. The minimum Gasteiger partial charge on any atom is -0.405 e. The van der Waals surface area contributed by atoms with Crippen molar-refractivity contribution in [3.05, 3.63) is 12.3 Å². The van der Waals surface area contributed by atoms with Crippen LogP contribution in [0.15, 0.2) is 12.3 Å². The van der Waals surface area contributed by atoms with Gasteiger partial charge in [0.05, 0.1) is 0 Å². The highest BCUT2D eigenvalue weighted by Gasteiger charge is 1.93. The van der Waals surface area contributed by atoms with Gasteiger partial charge < -0.3 is 5.73 Å². The second kappa shape index (κ2) is 17.5. The molecule has 0 aromatic rings. The highest BCUT2D eigenvalue weighted by molar-refractivity contribution is 4.74. The molecular formula is C18H37N. The van der Waals surface area contributed by atoms with E-state index in [1.807, 2.05) is 0 Å². The molecule has 0 saturated heterocycles. The van der Waals surface area contributed by atoms with Crippen LogP contribution in [-0.2, 0) is 0 Å². The second-order valence-corrected chi connectivity index (χ2v) is 5.81. The van der Waals surface area contributed by atoms with Crippen molar-refractivity contribution >= 4 is 0 Å². The highest BCUT2D eigenvalue weighted by Crippen LogP contribution is 2.13. The molecule has 0 aromatic carbocycles. The molecule has 2 N–H and O–H groups in total. The molecule has 0 saturated carbocycles. The maximum atomic E-state index is 5.30. The van der Waals surface area contributed by atoms with E-state index in [4.69, 9.17) is 5.73 Å². The lowest BCUT2D eigenvalue weighted by atomic mass is 10.0. The number of hydrogen-bond donors (Lipinski definition) is 1. The Morgan fingerprint density at radius 1 is 0.579 bits per heavy atom. The molecule has 0 bridgehead atoms. The molecule has 0 aliphatic rings. The van der Waals surface area contributed by atoms with Crippen molar-refractivity contribution < 1.29 is 0 Å². The van der Waals surface area contributed by atoms with Crippen molar-refractivity contribution in [2.75, 3.05) is 0 Å². The lowest BCUT2D eigenvalue weighted by molar-refractivity contribution is 0.536. The number of nitrogens with two attached hydrogens (primary N) is 1. The van der Waals surface area contributed by atoms with Crippen LogP contribution in [0.3, 0.4) is 0 Å². The fraction of sp³-hybridized carbons (Fsp3) is 0.889. The summed E-state index contributed by atoms with van der Waals surface area (Å²) in [6.07, 6.45) is 24.9. The zero-order valence-electron chi connectivity index (χ0n) is 13.3. The third-order valence-corrected chi connectivity index (χ3v) is 3.86. The maximum absolute atomic E-state index is 5.30. The summed E-state index contributed by atoms with van der Waals surface area (Å²) < 4.78 is 0. The fourth-order valence-electron chi connectivity index (χ4n) is 2.55. The van der Waals surface area contributed by atoms with Gasteiger partial charge >= 0.3 is 0 Å². The quantitative estimate of drug-likeness (QED) is 0.345. The van der Waals surface area contributed by atoms with Crippen LogP contribution >= 0.6 is 0 Å². The molecule has 1 nitrogen and oxygen atoms in total. The van der Waals surface area contributed by atoms with E-state index < -0.39 is 0 Å². The van der Waals surface area contributed by atoms with Crippen LogP contribution in [0, 0.1) is 0 Å². The van der Waals surface area contributed by atoms with Gasteiger partial charge in [0.1, 0.15) is 0 Å². The average Bonchev–Trinajstić information content (AvgIpc) is 2.43. The zero-order valence-corrected chi connectivity index (χ0v) is 13.3. The third-order valence-electron chi connectivity index (χ3n) is 3.86. The Kier molecular flexibility index (Phi) is 17.1. The van der Waals surface area contributed by atoms with E-state index in [9.17, 15) is 0 Å². The summed E-state index contributed by atoms with van der Waals surface area (Å²) in [6.45, 7) is 2.29. The second-order valence-electron chi connectivity index (χ2n) is 5.81. The van der Waals surface area contributed by atoms with Crippen molar-refractivity contribution in [3.63, 3.8) is 0 Å². The van der Waals surface area contributed by atoms with Crippen LogP contribution in [0.1, 0.15) is 103 Å². The predicted molar refractivity (Wildman–Crippen MR) is 88.3 cm³/mol. The monoisotopic (exact) mass is 267 g/mol. The van der Waals surface area contributed by atoms with E-state index in [1.54, 1.807) is 6.20 Å². The molecule has 1 heteroatoms. The van der Waals surface area contributed by atoms with Crippen molar-refractivity contribution in [3.8, 4) is 0 Å². The van der Waals surface area contributed by atoms with Crippen LogP contribution in [0.25, 0.3) is 0 Å². The van der Waals surface area contributed by atoms with Gasteiger partial charge in [-0.15, -0.1) is 0 Å². The normalized spacial score (nSPS) is 11.4. The lowest BCUT2D eigenvalue weighted by Crippen LogP contribution is -1.83. The molecule has 0 rings (SSSR count). The molecule has 0 fully saturated rings. The van der Waals surface area contributed by atoms with E-state index in [2.05, 4.69) is 13.0 Å². The van der Waals surface area contributed by atoms with Crippen molar-refractivity contribution in [2.45, 2.75) is 103 Å². The first-order valence-electron chi connectivity index (χ1n) is 8.78. The van der Waals surface area contributed by atoms with Gasteiger partial charge in [-0.2, -0.15) is 0 Å². The fourth-order valence-corrected chi connectivity index (χ4v) is 2.55. The van der Waals surface area contributed by atoms with Crippen LogP contribution in [0.2, 0.25) is 0 Å². The first-order chi connectivity index (χ1) is 9.41. The first kappa shape index (κ1) is 18.5. The van der Waals surface area contributed by atoms with Gasteiger partial charge in [-0.3, -0.25) is 0 Å².